The molecule has 2 aliphatic heterocycles. The summed E-state index contributed by atoms with van der Waals surface area (Å²) in [7, 11) is 0. The molecule has 0 radical (unpaired) electrons. The predicted molar refractivity (Wildman–Crippen MR) is 212 cm³/mol. The number of hydrogen-bond donors (Lipinski definition) is 0. The van der Waals surface area contributed by atoms with Gasteiger partial charge < -0.3 is 9.80 Å². The van der Waals surface area contributed by atoms with Gasteiger partial charge in [0.2, 0.25) is 0 Å². The largest absolute Gasteiger partial charge is 0.339 e. The number of nitrogens with zero attached hydrogens (tertiary/aromatic N) is 2. The van der Waals surface area contributed by atoms with Crippen LogP contribution in [-0.4, -0.2) is 12.8 Å². The SMILES string of the molecule is c1ccc2c(c1)B1c3cc(C4CCCC4)ccc3N(c3ccc(C4CCCC4)cc3)c3cc(C4CCCCC4)cc(c31)N2C1CC2CCC1C2. The summed E-state index contributed by atoms with van der Waals surface area (Å²) in [5, 5.41) is 0. The molecule has 7 aliphatic rings. The number of benzene rings is 4. The lowest BCUT2D eigenvalue weighted by atomic mass is 9.33. The van der Waals surface area contributed by atoms with Gasteiger partial charge in [0, 0.05) is 34.5 Å². The van der Waals surface area contributed by atoms with E-state index in [1.165, 1.54) is 143 Å². The van der Waals surface area contributed by atoms with Crippen LogP contribution in [0.15, 0.2) is 78.9 Å². The van der Waals surface area contributed by atoms with E-state index in [9.17, 15) is 0 Å². The summed E-state index contributed by atoms with van der Waals surface area (Å²) in [6.45, 7) is 0.275. The molecule has 0 aromatic heterocycles. The van der Waals surface area contributed by atoms with Crippen LogP contribution in [0.3, 0.4) is 0 Å². The summed E-state index contributed by atoms with van der Waals surface area (Å²) >= 11 is 0. The Bertz CT molecular complexity index is 1910. The van der Waals surface area contributed by atoms with Crippen molar-refractivity contribution in [2.75, 3.05) is 9.80 Å². The maximum Gasteiger partial charge on any atom is 0.252 e. The van der Waals surface area contributed by atoms with Crippen LogP contribution in [0.5, 0.6) is 0 Å². The molecule has 0 N–H and O–H groups in total. The summed E-state index contributed by atoms with van der Waals surface area (Å²) < 4.78 is 0. The van der Waals surface area contributed by atoms with Crippen LogP contribution >= 0.6 is 0 Å². The van der Waals surface area contributed by atoms with E-state index in [0.29, 0.717) is 17.9 Å². The van der Waals surface area contributed by atoms with E-state index in [4.69, 9.17) is 0 Å². The zero-order valence-electron chi connectivity index (χ0n) is 30.0. The summed E-state index contributed by atoms with van der Waals surface area (Å²) in [5.74, 6) is 3.85. The molecule has 254 valence electrons. The summed E-state index contributed by atoms with van der Waals surface area (Å²) in [4.78, 5) is 5.65. The van der Waals surface area contributed by atoms with Crippen LogP contribution in [0.25, 0.3) is 0 Å². The molecule has 5 fully saturated rings. The normalized spacial score (nSPS) is 26.1. The van der Waals surface area contributed by atoms with Gasteiger partial charge in [0.15, 0.2) is 0 Å². The third-order valence-corrected chi connectivity index (χ3v) is 15.0. The summed E-state index contributed by atoms with van der Waals surface area (Å²) in [5.41, 5.74) is 16.7. The maximum absolute atomic E-state index is 2.92. The molecule has 5 saturated carbocycles. The Morgan fingerprint density at radius 1 is 0.480 bits per heavy atom. The standard InChI is InChI=1S/C47H53BN2/c1-2-10-34(11-3-1)38-29-45-47-46(30-38)50(44-27-31-18-19-37(44)26-31)42-17-9-8-16-40(42)48(47)41-28-36(33-14-6-7-15-33)22-25-43(41)49(45)39-23-20-35(21-24-39)32-12-4-5-13-32/h8-9,16-17,20-25,28-34,37,44H,1-7,10-15,18-19,26-27H2. The monoisotopic (exact) mass is 656 g/mol. The molecule has 2 heterocycles. The van der Waals surface area contributed by atoms with E-state index in [0.717, 1.165) is 17.8 Å². The fourth-order valence-electron chi connectivity index (χ4n) is 12.5. The fraction of sp³-hybridized carbons (Fsp3) is 0.489. The lowest BCUT2D eigenvalue weighted by Crippen LogP contribution is -2.63. The van der Waals surface area contributed by atoms with Gasteiger partial charge in [-0.05, 0) is 157 Å². The highest BCUT2D eigenvalue weighted by Gasteiger charge is 2.49. The second-order valence-electron chi connectivity index (χ2n) is 17.6. The van der Waals surface area contributed by atoms with Crippen molar-refractivity contribution in [1.29, 1.82) is 0 Å². The Morgan fingerprint density at radius 2 is 1.14 bits per heavy atom. The second kappa shape index (κ2) is 12.1. The van der Waals surface area contributed by atoms with Crippen LogP contribution in [0, 0.1) is 11.8 Å². The van der Waals surface area contributed by atoms with Gasteiger partial charge in [0.25, 0.3) is 6.71 Å². The van der Waals surface area contributed by atoms with Crippen molar-refractivity contribution in [2.24, 2.45) is 11.8 Å². The first-order chi connectivity index (χ1) is 24.8. The molecular weight excluding hydrogens is 603 g/mol. The van der Waals surface area contributed by atoms with E-state index in [-0.39, 0.29) is 6.71 Å². The van der Waals surface area contributed by atoms with Gasteiger partial charge in [0.1, 0.15) is 0 Å². The Kier molecular flexibility index (Phi) is 7.29. The molecule has 11 rings (SSSR count). The Morgan fingerprint density at radius 3 is 1.86 bits per heavy atom. The summed E-state index contributed by atoms with van der Waals surface area (Å²) in [6, 6.07) is 33.3. The first-order valence-corrected chi connectivity index (χ1v) is 20.9. The number of fused-ring (bicyclic) bond motifs is 6. The minimum absolute atomic E-state index is 0.275. The van der Waals surface area contributed by atoms with Gasteiger partial charge in [-0.2, -0.15) is 0 Å². The third-order valence-electron chi connectivity index (χ3n) is 15.0. The molecule has 0 saturated heterocycles. The van der Waals surface area contributed by atoms with E-state index in [2.05, 4.69) is 88.7 Å². The molecule has 3 atom stereocenters. The van der Waals surface area contributed by atoms with Crippen molar-refractivity contribution in [3.8, 4) is 0 Å². The van der Waals surface area contributed by atoms with Crippen molar-refractivity contribution in [3.63, 3.8) is 0 Å². The van der Waals surface area contributed by atoms with Crippen molar-refractivity contribution in [1.82, 2.24) is 0 Å². The van der Waals surface area contributed by atoms with Crippen molar-refractivity contribution in [2.45, 2.75) is 133 Å². The van der Waals surface area contributed by atoms with Gasteiger partial charge in [-0.15, -0.1) is 0 Å². The van der Waals surface area contributed by atoms with E-state index in [1.807, 2.05) is 0 Å². The zero-order valence-corrected chi connectivity index (χ0v) is 30.0. The average Bonchev–Trinajstić information content (AvgIpc) is 4.02. The van der Waals surface area contributed by atoms with E-state index < -0.39 is 0 Å². The van der Waals surface area contributed by atoms with Crippen molar-refractivity contribution in [3.05, 3.63) is 95.6 Å². The van der Waals surface area contributed by atoms with E-state index >= 15 is 0 Å². The lowest BCUT2D eigenvalue weighted by Gasteiger charge is -2.48. The average molecular weight is 657 g/mol. The first kappa shape index (κ1) is 30.2. The third kappa shape index (κ3) is 4.74. The molecule has 3 heteroatoms. The molecule has 4 aromatic carbocycles. The Balaban J connectivity index is 1.15. The quantitative estimate of drug-likeness (QED) is 0.174. The zero-order chi connectivity index (χ0) is 32.8. The van der Waals surface area contributed by atoms with Gasteiger partial charge in [0.05, 0.1) is 0 Å². The molecule has 3 unspecified atom stereocenters. The first-order valence-electron chi connectivity index (χ1n) is 20.9. The number of hydrogen-bond acceptors (Lipinski definition) is 2. The van der Waals surface area contributed by atoms with Gasteiger partial charge >= 0.3 is 0 Å². The number of rotatable bonds is 5. The van der Waals surface area contributed by atoms with Gasteiger partial charge in [-0.1, -0.05) is 93.8 Å². The highest BCUT2D eigenvalue weighted by Crippen LogP contribution is 2.52. The van der Waals surface area contributed by atoms with Crippen LogP contribution in [0.1, 0.15) is 144 Å². The molecule has 5 aliphatic carbocycles. The minimum Gasteiger partial charge on any atom is -0.339 e. The molecule has 0 amide bonds. The van der Waals surface area contributed by atoms with Crippen molar-refractivity contribution < 1.29 is 0 Å². The van der Waals surface area contributed by atoms with Crippen LogP contribution in [0.4, 0.5) is 28.4 Å². The van der Waals surface area contributed by atoms with Crippen LogP contribution < -0.4 is 26.2 Å². The highest BCUT2D eigenvalue weighted by molar-refractivity contribution is 7.00. The smallest absolute Gasteiger partial charge is 0.252 e. The summed E-state index contributed by atoms with van der Waals surface area (Å²) in [6.07, 6.45) is 23.4. The predicted octanol–water partition coefficient (Wildman–Crippen LogP) is 11.0. The molecule has 2 nitrogen and oxygen atoms in total. The lowest BCUT2D eigenvalue weighted by molar-refractivity contribution is 0.413. The Hall–Kier alpha value is -3.46. The van der Waals surface area contributed by atoms with E-state index in [1.54, 1.807) is 27.8 Å². The highest BCUT2D eigenvalue weighted by atomic mass is 15.2. The Labute approximate surface area is 300 Å². The molecule has 4 aromatic rings. The van der Waals surface area contributed by atoms with Gasteiger partial charge in [-0.3, -0.25) is 0 Å². The van der Waals surface area contributed by atoms with Crippen molar-refractivity contribution >= 4 is 51.5 Å². The molecule has 2 bridgehead atoms. The molecule has 0 spiro atoms. The van der Waals surface area contributed by atoms with Crippen LogP contribution in [0.2, 0.25) is 0 Å². The molecule has 50 heavy (non-hydrogen) atoms. The van der Waals surface area contributed by atoms with Crippen LogP contribution in [-0.2, 0) is 0 Å². The second-order valence-corrected chi connectivity index (χ2v) is 17.6. The molecular formula is C47H53BN2. The number of anilines is 5. The number of para-hydroxylation sites is 1. The fourth-order valence-corrected chi connectivity index (χ4v) is 12.5. The minimum atomic E-state index is 0.275. The topological polar surface area (TPSA) is 6.48 Å². The maximum atomic E-state index is 2.92. The van der Waals surface area contributed by atoms with Gasteiger partial charge in [-0.25, -0.2) is 0 Å².